The Morgan fingerprint density at radius 2 is 1.92 bits per heavy atom. The Kier molecular flexibility index (Phi) is 3.39. The first-order valence-electron chi connectivity index (χ1n) is 3.98. The second-order valence-corrected chi connectivity index (χ2v) is 2.49. The summed E-state index contributed by atoms with van der Waals surface area (Å²) in [5, 5.41) is 0. The zero-order chi connectivity index (χ0) is 8.81. The Hall–Kier alpha value is -1.24. The summed E-state index contributed by atoms with van der Waals surface area (Å²) in [7, 11) is 0. The van der Waals surface area contributed by atoms with Crippen molar-refractivity contribution >= 4 is 0 Å². The maximum atomic E-state index is 5.20. The molecule has 0 heterocycles. The fourth-order valence-corrected chi connectivity index (χ4v) is 1.01. The Labute approximate surface area is 73.7 Å². The summed E-state index contributed by atoms with van der Waals surface area (Å²) >= 11 is 0. The first kappa shape index (κ1) is 8.85. The quantitative estimate of drug-likeness (QED) is 0.617. The van der Waals surface area contributed by atoms with Crippen LogP contribution in [0.25, 0.3) is 0 Å². The van der Waals surface area contributed by atoms with E-state index in [-0.39, 0.29) is 0 Å². The van der Waals surface area contributed by atoms with Crippen LogP contribution >= 0.6 is 0 Å². The van der Waals surface area contributed by atoms with Gasteiger partial charge in [0, 0.05) is 0 Å². The molecule has 0 atom stereocenters. The minimum Gasteiger partial charge on any atom is -0.494 e. The molecule has 1 radical (unpaired) electrons. The molecule has 1 rings (SSSR count). The lowest BCUT2D eigenvalue weighted by atomic mass is 10.1. The molecular formula is C11H13O. The van der Waals surface area contributed by atoms with Crippen molar-refractivity contribution in [1.29, 1.82) is 0 Å². The van der Waals surface area contributed by atoms with Gasteiger partial charge >= 0.3 is 0 Å². The third-order valence-corrected chi connectivity index (χ3v) is 1.57. The number of benzene rings is 1. The van der Waals surface area contributed by atoms with Gasteiger partial charge in [-0.1, -0.05) is 18.2 Å². The van der Waals surface area contributed by atoms with Crippen LogP contribution in [-0.2, 0) is 6.42 Å². The lowest BCUT2D eigenvalue weighted by Crippen LogP contribution is -1.91. The molecule has 0 saturated heterocycles. The van der Waals surface area contributed by atoms with Crippen LogP contribution in [0, 0.1) is 6.92 Å². The van der Waals surface area contributed by atoms with Crippen LogP contribution in [-0.4, -0.2) is 6.61 Å². The third-order valence-electron chi connectivity index (χ3n) is 1.57. The highest BCUT2D eigenvalue weighted by Gasteiger charge is 1.91. The molecule has 0 saturated carbocycles. The summed E-state index contributed by atoms with van der Waals surface area (Å²) in [6.07, 6.45) is 2.79. The van der Waals surface area contributed by atoms with Crippen molar-refractivity contribution in [3.05, 3.63) is 49.4 Å². The topological polar surface area (TPSA) is 9.23 Å². The molecule has 0 fully saturated rings. The zero-order valence-electron chi connectivity index (χ0n) is 7.12. The SMILES string of the molecule is [CH2]COc1ccc(CC=C)cc1. The van der Waals surface area contributed by atoms with Crippen LogP contribution in [0.15, 0.2) is 36.9 Å². The van der Waals surface area contributed by atoms with Crippen LogP contribution in [0.4, 0.5) is 0 Å². The summed E-state index contributed by atoms with van der Waals surface area (Å²) in [6.45, 7) is 7.75. The fraction of sp³-hybridized carbons (Fsp3) is 0.182. The molecule has 12 heavy (non-hydrogen) atoms. The average molecular weight is 161 g/mol. The lowest BCUT2D eigenvalue weighted by molar-refractivity contribution is 0.361. The molecule has 0 unspecified atom stereocenters. The molecule has 0 aliphatic heterocycles. The fourth-order valence-electron chi connectivity index (χ4n) is 1.01. The van der Waals surface area contributed by atoms with Crippen LogP contribution in [0.2, 0.25) is 0 Å². The van der Waals surface area contributed by atoms with Crippen molar-refractivity contribution in [2.75, 3.05) is 6.61 Å². The van der Waals surface area contributed by atoms with E-state index in [4.69, 9.17) is 4.74 Å². The van der Waals surface area contributed by atoms with Gasteiger partial charge in [0.25, 0.3) is 0 Å². The molecule has 0 spiro atoms. The van der Waals surface area contributed by atoms with Gasteiger partial charge in [0.15, 0.2) is 0 Å². The number of ether oxygens (including phenoxy) is 1. The highest BCUT2D eigenvalue weighted by Crippen LogP contribution is 2.12. The second kappa shape index (κ2) is 4.60. The standard InChI is InChI=1S/C11H13O/c1-3-5-10-6-8-11(9-7-10)12-4-2/h3,6-9H,1-2,4-5H2. The summed E-state index contributed by atoms with van der Waals surface area (Å²) in [6, 6.07) is 7.97. The van der Waals surface area contributed by atoms with Crippen molar-refractivity contribution in [3.8, 4) is 5.75 Å². The van der Waals surface area contributed by atoms with Gasteiger partial charge in [-0.05, 0) is 31.0 Å². The maximum Gasteiger partial charge on any atom is 0.119 e. The molecule has 1 heteroatoms. The largest absolute Gasteiger partial charge is 0.494 e. The van der Waals surface area contributed by atoms with Crippen molar-refractivity contribution < 1.29 is 4.74 Å². The van der Waals surface area contributed by atoms with Crippen molar-refractivity contribution in [3.63, 3.8) is 0 Å². The predicted octanol–water partition coefficient (Wildman–Crippen LogP) is 2.63. The number of hydrogen-bond acceptors (Lipinski definition) is 1. The van der Waals surface area contributed by atoms with E-state index in [0.29, 0.717) is 6.61 Å². The van der Waals surface area contributed by atoms with Crippen LogP contribution in [0.5, 0.6) is 5.75 Å². The molecule has 0 amide bonds. The van der Waals surface area contributed by atoms with E-state index in [9.17, 15) is 0 Å². The van der Waals surface area contributed by atoms with E-state index < -0.39 is 0 Å². The monoisotopic (exact) mass is 161 g/mol. The van der Waals surface area contributed by atoms with Gasteiger partial charge in [0.05, 0.1) is 6.61 Å². The minimum absolute atomic E-state index is 0.473. The Morgan fingerprint density at radius 1 is 1.25 bits per heavy atom. The van der Waals surface area contributed by atoms with E-state index in [1.54, 1.807) is 0 Å². The molecule has 0 N–H and O–H groups in total. The molecule has 0 aromatic heterocycles. The smallest absolute Gasteiger partial charge is 0.119 e. The number of rotatable bonds is 4. The van der Waals surface area contributed by atoms with Crippen molar-refractivity contribution in [1.82, 2.24) is 0 Å². The molecule has 0 bridgehead atoms. The van der Waals surface area contributed by atoms with Gasteiger partial charge in [-0.2, -0.15) is 0 Å². The van der Waals surface area contributed by atoms with Gasteiger partial charge in [0.1, 0.15) is 5.75 Å². The van der Waals surface area contributed by atoms with Gasteiger partial charge < -0.3 is 4.74 Å². The lowest BCUT2D eigenvalue weighted by Gasteiger charge is -2.02. The van der Waals surface area contributed by atoms with Gasteiger partial charge in [0.2, 0.25) is 0 Å². The van der Waals surface area contributed by atoms with Crippen molar-refractivity contribution in [2.45, 2.75) is 6.42 Å². The van der Waals surface area contributed by atoms with Gasteiger partial charge in [-0.3, -0.25) is 0 Å². The Balaban J connectivity index is 2.64. The predicted molar refractivity (Wildman–Crippen MR) is 51.2 cm³/mol. The molecular weight excluding hydrogens is 148 g/mol. The van der Waals surface area contributed by atoms with Crippen LogP contribution in [0.3, 0.4) is 0 Å². The van der Waals surface area contributed by atoms with Crippen LogP contribution in [0.1, 0.15) is 5.56 Å². The van der Waals surface area contributed by atoms with E-state index in [1.165, 1.54) is 5.56 Å². The summed E-state index contributed by atoms with van der Waals surface area (Å²) in [4.78, 5) is 0. The van der Waals surface area contributed by atoms with Gasteiger partial charge in [-0.15, -0.1) is 6.58 Å². The molecule has 1 aromatic carbocycles. The average Bonchev–Trinajstić information content (AvgIpc) is 2.09. The maximum absolute atomic E-state index is 5.20. The Bertz CT molecular complexity index is 236. The zero-order valence-corrected chi connectivity index (χ0v) is 7.12. The first-order chi connectivity index (χ1) is 5.86. The number of allylic oxidation sites excluding steroid dienone is 1. The number of hydrogen-bond donors (Lipinski definition) is 0. The molecule has 1 aromatic rings. The minimum atomic E-state index is 0.473. The third kappa shape index (κ3) is 2.42. The molecule has 63 valence electrons. The highest BCUT2D eigenvalue weighted by atomic mass is 16.5. The molecule has 0 aliphatic rings. The van der Waals surface area contributed by atoms with E-state index in [0.717, 1.165) is 12.2 Å². The van der Waals surface area contributed by atoms with E-state index in [1.807, 2.05) is 30.3 Å². The molecule has 1 nitrogen and oxygen atoms in total. The summed E-state index contributed by atoms with van der Waals surface area (Å²) < 4.78 is 5.20. The van der Waals surface area contributed by atoms with E-state index in [2.05, 4.69) is 13.5 Å². The highest BCUT2D eigenvalue weighted by molar-refractivity contribution is 5.28. The summed E-state index contributed by atoms with van der Waals surface area (Å²) in [5.74, 6) is 0.873. The summed E-state index contributed by atoms with van der Waals surface area (Å²) in [5.41, 5.74) is 1.25. The second-order valence-electron chi connectivity index (χ2n) is 2.49. The Morgan fingerprint density at radius 3 is 2.42 bits per heavy atom. The van der Waals surface area contributed by atoms with E-state index >= 15 is 0 Å². The molecule has 0 aliphatic carbocycles. The van der Waals surface area contributed by atoms with Crippen LogP contribution < -0.4 is 4.74 Å². The normalized spacial score (nSPS) is 9.42. The van der Waals surface area contributed by atoms with Gasteiger partial charge in [-0.25, -0.2) is 0 Å². The van der Waals surface area contributed by atoms with Crippen molar-refractivity contribution in [2.24, 2.45) is 0 Å². The first-order valence-corrected chi connectivity index (χ1v) is 3.98.